The van der Waals surface area contributed by atoms with Gasteiger partial charge in [-0.2, -0.15) is 0 Å². The molecule has 0 saturated carbocycles. The molecule has 2 aromatic rings. The average Bonchev–Trinajstić information content (AvgIpc) is 3.44. The van der Waals surface area contributed by atoms with Gasteiger partial charge in [0.15, 0.2) is 6.54 Å². The maximum Gasteiger partial charge on any atom is 0.261 e. The van der Waals surface area contributed by atoms with Crippen molar-refractivity contribution >= 4 is 40.9 Å². The molecule has 4 N–H and O–H groups in total. The van der Waals surface area contributed by atoms with E-state index in [9.17, 15) is 9.59 Å². The highest BCUT2D eigenvalue weighted by atomic mass is 32.1. The minimum atomic E-state index is -0.108. The summed E-state index contributed by atoms with van der Waals surface area (Å²) in [5, 5.41) is 9.18. The van der Waals surface area contributed by atoms with Crippen molar-refractivity contribution in [3.05, 3.63) is 64.0 Å². The summed E-state index contributed by atoms with van der Waals surface area (Å²) in [7, 11) is 1.97. The molecule has 196 valence electrons. The van der Waals surface area contributed by atoms with E-state index >= 15 is 0 Å². The molecule has 0 aromatic carbocycles. The maximum atomic E-state index is 13.0. The van der Waals surface area contributed by atoms with Gasteiger partial charge in [0, 0.05) is 49.6 Å². The first-order chi connectivity index (χ1) is 17.5. The summed E-state index contributed by atoms with van der Waals surface area (Å²) >= 11 is 1.43. The number of carbonyl (C=O) groups excluding carboxylic acids is 2. The highest BCUT2D eigenvalue weighted by molar-refractivity contribution is 7.16. The van der Waals surface area contributed by atoms with Crippen molar-refractivity contribution in [3.63, 3.8) is 0 Å². The van der Waals surface area contributed by atoms with E-state index in [1.165, 1.54) is 11.3 Å². The zero-order chi connectivity index (χ0) is 26.7. The Balaban J connectivity index is 1.46. The predicted octanol–water partition coefficient (Wildman–Crippen LogP) is 3.55. The minimum absolute atomic E-state index is 0.0166. The summed E-state index contributed by atoms with van der Waals surface area (Å²) in [4.78, 5) is 37.3. The molecule has 9 nitrogen and oxygen atoms in total. The molecule has 0 bridgehead atoms. The number of H-pyrrole nitrogens is 1. The summed E-state index contributed by atoms with van der Waals surface area (Å²) in [5.74, 6) is 0.468. The van der Waals surface area contributed by atoms with Crippen LogP contribution in [0.15, 0.2) is 48.1 Å². The molecule has 2 atom stereocenters. The van der Waals surface area contributed by atoms with Gasteiger partial charge in [-0.25, -0.2) is 9.57 Å². The summed E-state index contributed by atoms with van der Waals surface area (Å²) in [5.41, 5.74) is 2.31. The third-order valence-electron chi connectivity index (χ3n) is 6.65. The molecule has 0 fully saturated rings. The van der Waals surface area contributed by atoms with Crippen molar-refractivity contribution in [2.24, 2.45) is 10.4 Å². The molecule has 0 radical (unpaired) electrons. The van der Waals surface area contributed by atoms with Crippen LogP contribution in [0.4, 0.5) is 5.82 Å². The lowest BCUT2D eigenvalue weighted by atomic mass is 9.88. The van der Waals surface area contributed by atoms with Gasteiger partial charge in [0.05, 0.1) is 16.0 Å². The number of carbonyl (C=O) groups is 2. The number of thiophene rings is 1. The number of nitrogens with one attached hydrogen (secondary N) is 4. The van der Waals surface area contributed by atoms with E-state index in [1.807, 2.05) is 62.7 Å². The van der Waals surface area contributed by atoms with Crippen molar-refractivity contribution in [2.45, 2.75) is 53.2 Å². The van der Waals surface area contributed by atoms with Gasteiger partial charge in [0.1, 0.15) is 24.0 Å². The van der Waals surface area contributed by atoms with E-state index in [1.54, 1.807) is 12.4 Å². The Hall–Kier alpha value is -3.66. The second kappa shape index (κ2) is 10.8. The Labute approximate surface area is 222 Å². The topological polar surface area (TPSA) is 105 Å². The molecule has 37 heavy (non-hydrogen) atoms. The highest BCUT2D eigenvalue weighted by Crippen LogP contribution is 2.27. The summed E-state index contributed by atoms with van der Waals surface area (Å²) in [6, 6.07) is 3.78. The first-order valence-corrected chi connectivity index (χ1v) is 13.2. The Kier molecular flexibility index (Phi) is 7.68. The second-order valence-corrected chi connectivity index (χ2v) is 11.7. The summed E-state index contributed by atoms with van der Waals surface area (Å²) in [6.07, 6.45) is 11.1. The van der Waals surface area contributed by atoms with E-state index in [-0.39, 0.29) is 29.3 Å². The van der Waals surface area contributed by atoms with Gasteiger partial charge < -0.3 is 25.8 Å². The maximum absolute atomic E-state index is 13.0. The Morgan fingerprint density at radius 3 is 2.59 bits per heavy atom. The van der Waals surface area contributed by atoms with Crippen molar-refractivity contribution in [1.82, 2.24) is 25.8 Å². The van der Waals surface area contributed by atoms with Crippen molar-refractivity contribution in [1.29, 1.82) is 0 Å². The predicted molar refractivity (Wildman–Crippen MR) is 149 cm³/mol. The first kappa shape index (κ1) is 26.4. The van der Waals surface area contributed by atoms with Crippen LogP contribution >= 0.6 is 11.3 Å². The van der Waals surface area contributed by atoms with Crippen molar-refractivity contribution in [3.8, 4) is 0 Å². The van der Waals surface area contributed by atoms with Crippen LogP contribution in [0.5, 0.6) is 0 Å². The number of aromatic amines is 1. The standard InChI is InChI=1S/C27H35N7O2S/c1-17(15-34-11-9-28-10-12-34)31-26(36)23-8-7-22(37-23)21-14-30-24-20(16-33(21)6)19(13-29-24)25(35)32-18(2)27(3,4)5/h7-14,17-18,28H,15-16H2,1-6H3,(H2,31,32,35,36)/p+1. The molecular weight excluding hydrogens is 486 g/mol. The fraction of sp³-hybridized carbons (Fsp3) is 0.407. The van der Waals surface area contributed by atoms with Crippen LogP contribution < -0.4 is 16.0 Å². The lowest BCUT2D eigenvalue weighted by molar-refractivity contribution is -0.511. The number of hydrogen-bond acceptors (Lipinski definition) is 6. The van der Waals surface area contributed by atoms with Gasteiger partial charge in [0.25, 0.3) is 11.8 Å². The number of rotatable bonds is 7. The largest absolute Gasteiger partial charge is 0.365 e. The molecule has 0 aliphatic carbocycles. The van der Waals surface area contributed by atoms with Crippen LogP contribution in [0.25, 0.3) is 0 Å². The van der Waals surface area contributed by atoms with Gasteiger partial charge >= 0.3 is 0 Å². The van der Waals surface area contributed by atoms with Crippen LogP contribution in [0.3, 0.4) is 0 Å². The molecule has 4 rings (SSSR count). The third kappa shape index (κ3) is 6.19. The Bertz CT molecular complexity index is 1280. The monoisotopic (exact) mass is 522 g/mol. The first-order valence-electron chi connectivity index (χ1n) is 12.4. The molecule has 0 saturated heterocycles. The van der Waals surface area contributed by atoms with Crippen molar-refractivity contribution in [2.75, 3.05) is 13.6 Å². The van der Waals surface area contributed by atoms with E-state index in [0.717, 1.165) is 16.2 Å². The smallest absolute Gasteiger partial charge is 0.261 e. The zero-order valence-corrected chi connectivity index (χ0v) is 23.1. The van der Waals surface area contributed by atoms with Gasteiger partial charge in [0.2, 0.25) is 5.71 Å². The van der Waals surface area contributed by atoms with Gasteiger partial charge in [-0.1, -0.05) is 20.8 Å². The molecular formula is C27H36N7O2S+. The van der Waals surface area contributed by atoms with Crippen molar-refractivity contribution < 1.29 is 14.2 Å². The van der Waals surface area contributed by atoms with Gasteiger partial charge in [-0.3, -0.25) is 9.59 Å². The van der Waals surface area contributed by atoms with E-state index < -0.39 is 0 Å². The molecule has 10 heteroatoms. The molecule has 2 aliphatic rings. The number of hydrogen-bond donors (Lipinski definition) is 4. The zero-order valence-electron chi connectivity index (χ0n) is 22.3. The van der Waals surface area contributed by atoms with E-state index in [4.69, 9.17) is 0 Å². The fourth-order valence-corrected chi connectivity index (χ4v) is 4.94. The van der Waals surface area contributed by atoms with Crippen LogP contribution in [-0.2, 0) is 6.54 Å². The Morgan fingerprint density at radius 1 is 1.16 bits per heavy atom. The molecule has 4 heterocycles. The van der Waals surface area contributed by atoms with Crippen LogP contribution in [-0.4, -0.2) is 63.9 Å². The summed E-state index contributed by atoms with van der Waals surface area (Å²) < 4.78 is 2.06. The highest BCUT2D eigenvalue weighted by Gasteiger charge is 2.28. The molecule has 2 amide bonds. The Morgan fingerprint density at radius 2 is 1.89 bits per heavy atom. The third-order valence-corrected chi connectivity index (χ3v) is 7.75. The normalized spacial score (nSPS) is 16.6. The lowest BCUT2D eigenvalue weighted by Crippen LogP contribution is -2.41. The fourth-order valence-electron chi connectivity index (χ4n) is 3.97. The lowest BCUT2D eigenvalue weighted by Gasteiger charge is -2.28. The number of aliphatic imine (C=N–C) groups is 1. The number of fused-ring (bicyclic) bond motifs is 1. The average molecular weight is 523 g/mol. The molecule has 2 unspecified atom stereocenters. The minimum Gasteiger partial charge on any atom is -0.365 e. The molecule has 0 spiro atoms. The SMILES string of the molecule is CC(CN1C=CNC=C1)NC(=O)c1ccc(C2=[N+](C)Cc3c(C(=O)NC(C)C(C)(C)C)c[nH]c3N=C2)s1. The number of amides is 2. The van der Waals surface area contributed by atoms with Gasteiger partial charge in [-0.05, 0) is 31.4 Å². The van der Waals surface area contributed by atoms with Crippen LogP contribution in [0.2, 0.25) is 0 Å². The van der Waals surface area contributed by atoms with Crippen LogP contribution in [0.1, 0.15) is 65.1 Å². The molecule has 2 aliphatic heterocycles. The van der Waals surface area contributed by atoms with E-state index in [0.29, 0.717) is 29.3 Å². The van der Waals surface area contributed by atoms with E-state index in [2.05, 4.69) is 51.3 Å². The number of nitrogens with zero attached hydrogens (tertiary/aromatic N) is 3. The van der Waals surface area contributed by atoms with Crippen LogP contribution in [0, 0.1) is 5.41 Å². The van der Waals surface area contributed by atoms with Gasteiger partial charge in [-0.15, -0.1) is 11.3 Å². The number of aromatic nitrogens is 1. The quantitative estimate of drug-likeness (QED) is 0.418. The molecule has 2 aromatic heterocycles. The summed E-state index contributed by atoms with van der Waals surface area (Å²) in [6.45, 7) is 11.5. The second-order valence-electron chi connectivity index (χ2n) is 10.6.